The van der Waals surface area contributed by atoms with Crippen LogP contribution in [0.5, 0.6) is 17.2 Å². The van der Waals surface area contributed by atoms with E-state index in [-0.39, 0.29) is 5.75 Å². The van der Waals surface area contributed by atoms with E-state index in [9.17, 15) is 4.79 Å². The molecule has 0 fully saturated rings. The van der Waals surface area contributed by atoms with Gasteiger partial charge in [0.2, 0.25) is 0 Å². The summed E-state index contributed by atoms with van der Waals surface area (Å²) in [4.78, 5) is 10.2. The summed E-state index contributed by atoms with van der Waals surface area (Å²) in [6, 6.07) is 18.7. The van der Waals surface area contributed by atoms with Gasteiger partial charge in [0.25, 0.3) is 0 Å². The highest BCUT2D eigenvalue weighted by Crippen LogP contribution is 2.25. The van der Waals surface area contributed by atoms with Gasteiger partial charge < -0.3 is 14.6 Å². The number of carbonyl (C=O) groups excluding carboxylic acids is 1. The standard InChI is InChI=1S/C11H10O.C8H8O3/c1-12-11-7-6-9-4-2-3-5-10(9)8-11;1-11-8-4-6(5-9)2-3-7(8)10/h2-8H,1H3;2-5,10H,1H3. The molecule has 4 nitrogen and oxygen atoms in total. The Bertz CT molecular complexity index is 796. The fourth-order valence-electron chi connectivity index (χ4n) is 2.06. The molecule has 0 saturated heterocycles. The number of phenolic OH excluding ortho intramolecular Hbond substituents is 1. The number of ether oxygens (including phenoxy) is 2. The van der Waals surface area contributed by atoms with Crippen LogP contribution in [-0.4, -0.2) is 25.6 Å². The predicted octanol–water partition coefficient (Wildman–Crippen LogP) is 4.06. The second-order valence-electron chi connectivity index (χ2n) is 4.76. The number of phenols is 1. The first-order valence-electron chi connectivity index (χ1n) is 7.03. The lowest BCUT2D eigenvalue weighted by atomic mass is 10.1. The van der Waals surface area contributed by atoms with E-state index in [4.69, 9.17) is 14.6 Å². The maximum Gasteiger partial charge on any atom is 0.161 e. The van der Waals surface area contributed by atoms with E-state index in [2.05, 4.69) is 18.2 Å². The van der Waals surface area contributed by atoms with Crippen molar-refractivity contribution in [3.05, 3.63) is 66.2 Å². The normalized spacial score (nSPS) is 9.65. The van der Waals surface area contributed by atoms with Crippen LogP contribution in [0.1, 0.15) is 10.4 Å². The van der Waals surface area contributed by atoms with Gasteiger partial charge in [-0.05, 0) is 41.1 Å². The average Bonchev–Trinajstić information content (AvgIpc) is 2.62. The number of methoxy groups -OCH3 is 2. The molecule has 0 aliphatic rings. The van der Waals surface area contributed by atoms with E-state index in [0.29, 0.717) is 17.6 Å². The molecule has 3 aromatic carbocycles. The van der Waals surface area contributed by atoms with Gasteiger partial charge in [-0.25, -0.2) is 0 Å². The Morgan fingerprint density at radius 1 is 0.870 bits per heavy atom. The largest absolute Gasteiger partial charge is 0.504 e. The summed E-state index contributed by atoms with van der Waals surface area (Å²) < 4.78 is 9.90. The molecule has 118 valence electrons. The third-order valence-electron chi connectivity index (χ3n) is 3.30. The Morgan fingerprint density at radius 3 is 2.26 bits per heavy atom. The lowest BCUT2D eigenvalue weighted by Crippen LogP contribution is -1.85. The monoisotopic (exact) mass is 310 g/mol. The summed E-state index contributed by atoms with van der Waals surface area (Å²) in [7, 11) is 3.12. The molecule has 23 heavy (non-hydrogen) atoms. The maximum absolute atomic E-state index is 10.2. The molecule has 0 heterocycles. The van der Waals surface area contributed by atoms with Crippen LogP contribution < -0.4 is 9.47 Å². The van der Waals surface area contributed by atoms with Crippen molar-refractivity contribution in [1.82, 2.24) is 0 Å². The van der Waals surface area contributed by atoms with Crippen molar-refractivity contribution in [2.24, 2.45) is 0 Å². The van der Waals surface area contributed by atoms with Crippen LogP contribution >= 0.6 is 0 Å². The predicted molar refractivity (Wildman–Crippen MR) is 90.5 cm³/mol. The first-order chi connectivity index (χ1) is 11.2. The Kier molecular flexibility index (Phi) is 5.58. The van der Waals surface area contributed by atoms with Crippen LogP contribution in [0, 0.1) is 0 Å². The number of hydrogen-bond acceptors (Lipinski definition) is 4. The first-order valence-corrected chi connectivity index (χ1v) is 7.03. The number of aldehydes is 1. The van der Waals surface area contributed by atoms with Gasteiger partial charge in [0.15, 0.2) is 11.5 Å². The van der Waals surface area contributed by atoms with Gasteiger partial charge in [0.1, 0.15) is 12.0 Å². The molecule has 0 bridgehead atoms. The zero-order valence-electron chi connectivity index (χ0n) is 13.0. The average molecular weight is 310 g/mol. The van der Waals surface area contributed by atoms with Gasteiger partial charge in [-0.3, -0.25) is 4.79 Å². The minimum atomic E-state index is 0.0399. The Morgan fingerprint density at radius 2 is 1.61 bits per heavy atom. The molecule has 0 aliphatic carbocycles. The molecule has 0 saturated carbocycles. The number of benzene rings is 3. The molecule has 0 amide bonds. The maximum atomic E-state index is 10.2. The van der Waals surface area contributed by atoms with Crippen molar-refractivity contribution in [2.75, 3.05) is 14.2 Å². The zero-order valence-corrected chi connectivity index (χ0v) is 13.0. The molecule has 1 N–H and O–H groups in total. The molecule has 3 aromatic rings. The van der Waals surface area contributed by atoms with E-state index in [1.807, 2.05) is 24.3 Å². The molecule has 4 heteroatoms. The summed E-state index contributed by atoms with van der Waals surface area (Å²) in [5.74, 6) is 1.27. The number of aromatic hydroxyl groups is 1. The fraction of sp³-hybridized carbons (Fsp3) is 0.105. The molecule has 0 unspecified atom stereocenters. The summed E-state index contributed by atoms with van der Waals surface area (Å²) >= 11 is 0. The number of carbonyl (C=O) groups is 1. The molecule has 0 atom stereocenters. The quantitative estimate of drug-likeness (QED) is 0.741. The lowest BCUT2D eigenvalue weighted by molar-refractivity contribution is 0.112. The highest BCUT2D eigenvalue weighted by Gasteiger charge is 2.00. The van der Waals surface area contributed by atoms with Crippen LogP contribution in [0.4, 0.5) is 0 Å². The van der Waals surface area contributed by atoms with Gasteiger partial charge in [-0.1, -0.05) is 30.3 Å². The summed E-state index contributed by atoms with van der Waals surface area (Å²) in [5.41, 5.74) is 0.486. The summed E-state index contributed by atoms with van der Waals surface area (Å²) in [5, 5.41) is 11.6. The first kappa shape index (κ1) is 16.4. The molecule has 0 radical (unpaired) electrons. The Balaban J connectivity index is 0.000000168. The van der Waals surface area contributed by atoms with Gasteiger partial charge in [0.05, 0.1) is 14.2 Å². The Labute approximate surface area is 134 Å². The van der Waals surface area contributed by atoms with E-state index >= 15 is 0 Å². The van der Waals surface area contributed by atoms with Crippen molar-refractivity contribution < 1.29 is 19.4 Å². The minimum absolute atomic E-state index is 0.0399. The minimum Gasteiger partial charge on any atom is -0.504 e. The SMILES string of the molecule is COc1cc(C=O)ccc1O.COc1ccc2ccccc2c1. The van der Waals surface area contributed by atoms with Crippen molar-refractivity contribution in [3.8, 4) is 17.2 Å². The molecule has 0 aliphatic heterocycles. The highest BCUT2D eigenvalue weighted by molar-refractivity contribution is 5.83. The fourth-order valence-corrected chi connectivity index (χ4v) is 2.06. The highest BCUT2D eigenvalue weighted by atomic mass is 16.5. The van der Waals surface area contributed by atoms with Crippen LogP contribution in [0.15, 0.2) is 60.7 Å². The molecular formula is C19H18O4. The van der Waals surface area contributed by atoms with Gasteiger partial charge in [0, 0.05) is 5.56 Å². The van der Waals surface area contributed by atoms with Gasteiger partial charge >= 0.3 is 0 Å². The van der Waals surface area contributed by atoms with E-state index < -0.39 is 0 Å². The number of fused-ring (bicyclic) bond motifs is 1. The third kappa shape index (κ3) is 4.23. The molecular weight excluding hydrogens is 292 g/mol. The lowest BCUT2D eigenvalue weighted by Gasteiger charge is -2.01. The van der Waals surface area contributed by atoms with Crippen molar-refractivity contribution in [1.29, 1.82) is 0 Å². The summed E-state index contributed by atoms with van der Waals surface area (Å²) in [6.45, 7) is 0. The molecule has 0 aromatic heterocycles. The third-order valence-corrected chi connectivity index (χ3v) is 3.30. The summed E-state index contributed by atoms with van der Waals surface area (Å²) in [6.07, 6.45) is 0.696. The van der Waals surface area contributed by atoms with Crippen LogP contribution in [-0.2, 0) is 0 Å². The van der Waals surface area contributed by atoms with E-state index in [1.54, 1.807) is 7.11 Å². The zero-order chi connectivity index (χ0) is 16.7. The topological polar surface area (TPSA) is 55.8 Å². The smallest absolute Gasteiger partial charge is 0.161 e. The van der Waals surface area contributed by atoms with Gasteiger partial charge in [-0.15, -0.1) is 0 Å². The second kappa shape index (κ2) is 7.84. The van der Waals surface area contributed by atoms with Crippen molar-refractivity contribution >= 4 is 17.1 Å². The van der Waals surface area contributed by atoms with Crippen LogP contribution in [0.25, 0.3) is 10.8 Å². The van der Waals surface area contributed by atoms with Gasteiger partial charge in [-0.2, -0.15) is 0 Å². The van der Waals surface area contributed by atoms with Crippen molar-refractivity contribution in [3.63, 3.8) is 0 Å². The molecule has 3 rings (SSSR count). The molecule has 0 spiro atoms. The van der Waals surface area contributed by atoms with E-state index in [0.717, 1.165) is 5.75 Å². The number of hydrogen-bond donors (Lipinski definition) is 1. The Hall–Kier alpha value is -3.01. The van der Waals surface area contributed by atoms with Crippen LogP contribution in [0.3, 0.4) is 0 Å². The second-order valence-corrected chi connectivity index (χ2v) is 4.76. The van der Waals surface area contributed by atoms with Crippen molar-refractivity contribution in [2.45, 2.75) is 0 Å². The van der Waals surface area contributed by atoms with Crippen LogP contribution in [0.2, 0.25) is 0 Å². The number of rotatable bonds is 3. The van der Waals surface area contributed by atoms with E-state index in [1.165, 1.54) is 36.1 Å².